The van der Waals surface area contributed by atoms with E-state index < -0.39 is 0 Å². The average molecular weight is 281 g/mol. The second-order valence-electron chi connectivity index (χ2n) is 5.19. The van der Waals surface area contributed by atoms with Crippen LogP contribution in [0.1, 0.15) is 36.4 Å². The quantitative estimate of drug-likeness (QED) is 0.683. The summed E-state index contributed by atoms with van der Waals surface area (Å²) in [7, 11) is 0. The molecule has 0 saturated carbocycles. The van der Waals surface area contributed by atoms with Gasteiger partial charge in [0.1, 0.15) is 0 Å². The van der Waals surface area contributed by atoms with Crippen LogP contribution in [-0.4, -0.2) is 0 Å². The summed E-state index contributed by atoms with van der Waals surface area (Å²) in [6, 6.07) is 20.1. The summed E-state index contributed by atoms with van der Waals surface area (Å²) in [6.07, 6.45) is 0. The van der Waals surface area contributed by atoms with Gasteiger partial charge in [0.25, 0.3) is 0 Å². The lowest BCUT2D eigenvalue weighted by molar-refractivity contribution is 0.502. The smallest absolute Gasteiger partial charge is 0.0391 e. The van der Waals surface area contributed by atoms with Crippen molar-refractivity contribution in [2.45, 2.75) is 25.9 Å². The van der Waals surface area contributed by atoms with Crippen molar-refractivity contribution in [3.8, 4) is 0 Å². The Bertz CT molecular complexity index is 682. The van der Waals surface area contributed by atoms with Crippen molar-refractivity contribution in [2.24, 2.45) is 0 Å². The van der Waals surface area contributed by atoms with Crippen molar-refractivity contribution in [1.82, 2.24) is 5.32 Å². The molecule has 1 N–H and O–H groups in total. The Morgan fingerprint density at radius 1 is 0.850 bits per heavy atom. The number of thiophene rings is 1. The first kappa shape index (κ1) is 13.3. The van der Waals surface area contributed by atoms with Crippen molar-refractivity contribution in [3.63, 3.8) is 0 Å². The molecule has 3 aromatic rings. The minimum atomic E-state index is 0.332. The highest BCUT2D eigenvalue weighted by atomic mass is 32.1. The van der Waals surface area contributed by atoms with Crippen LogP contribution in [0, 0.1) is 0 Å². The predicted octanol–water partition coefficient (Wildman–Crippen LogP) is 5.31. The molecule has 102 valence electrons. The molecular formula is C18H19NS. The number of hydrogen-bond acceptors (Lipinski definition) is 2. The van der Waals surface area contributed by atoms with Gasteiger partial charge in [-0.25, -0.2) is 0 Å². The summed E-state index contributed by atoms with van der Waals surface area (Å²) in [5.74, 6) is 0. The number of hydrogen-bond donors (Lipinski definition) is 1. The molecule has 0 spiro atoms. The topological polar surface area (TPSA) is 12.0 Å². The van der Waals surface area contributed by atoms with E-state index in [2.05, 4.69) is 79.1 Å². The number of benzene rings is 2. The lowest BCUT2D eigenvalue weighted by Crippen LogP contribution is -2.21. The van der Waals surface area contributed by atoms with Crippen molar-refractivity contribution >= 4 is 22.1 Å². The van der Waals surface area contributed by atoms with E-state index >= 15 is 0 Å². The van der Waals surface area contributed by atoms with Gasteiger partial charge in [-0.1, -0.05) is 48.5 Å². The molecule has 0 fully saturated rings. The highest BCUT2D eigenvalue weighted by Gasteiger charge is 2.13. The maximum absolute atomic E-state index is 3.70. The number of nitrogens with one attached hydrogen (secondary N) is 1. The Morgan fingerprint density at radius 3 is 2.45 bits per heavy atom. The maximum atomic E-state index is 3.70. The molecule has 1 nitrogen and oxygen atoms in total. The van der Waals surface area contributed by atoms with E-state index in [1.165, 1.54) is 21.2 Å². The maximum Gasteiger partial charge on any atom is 0.0391 e. The van der Waals surface area contributed by atoms with Gasteiger partial charge < -0.3 is 5.32 Å². The van der Waals surface area contributed by atoms with Crippen molar-refractivity contribution in [2.75, 3.05) is 0 Å². The largest absolute Gasteiger partial charge is 0.303 e. The van der Waals surface area contributed by atoms with Gasteiger partial charge in [0.05, 0.1) is 0 Å². The fourth-order valence-electron chi connectivity index (χ4n) is 2.71. The van der Waals surface area contributed by atoms with Crippen LogP contribution < -0.4 is 5.32 Å². The molecule has 2 heteroatoms. The van der Waals surface area contributed by atoms with Gasteiger partial charge in [-0.15, -0.1) is 11.3 Å². The Morgan fingerprint density at radius 2 is 1.65 bits per heavy atom. The van der Waals surface area contributed by atoms with Gasteiger partial charge in [-0.2, -0.15) is 0 Å². The van der Waals surface area contributed by atoms with Crippen LogP contribution in [0.3, 0.4) is 0 Å². The first-order chi connectivity index (χ1) is 9.75. The molecule has 0 aliphatic carbocycles. The first-order valence-electron chi connectivity index (χ1n) is 7.03. The molecule has 0 amide bonds. The second kappa shape index (κ2) is 5.78. The van der Waals surface area contributed by atoms with Gasteiger partial charge in [0, 0.05) is 17.0 Å². The zero-order chi connectivity index (χ0) is 13.9. The molecule has 1 heterocycles. The molecule has 2 aromatic carbocycles. The molecule has 0 bridgehead atoms. The van der Waals surface area contributed by atoms with Crippen LogP contribution in [0.15, 0.2) is 60.0 Å². The van der Waals surface area contributed by atoms with Gasteiger partial charge >= 0.3 is 0 Å². The van der Waals surface area contributed by atoms with E-state index in [0.717, 1.165) is 0 Å². The third-order valence-electron chi connectivity index (χ3n) is 3.76. The van der Waals surface area contributed by atoms with Crippen molar-refractivity contribution in [3.05, 3.63) is 70.4 Å². The van der Waals surface area contributed by atoms with E-state index in [-0.39, 0.29) is 0 Å². The first-order valence-corrected chi connectivity index (χ1v) is 7.91. The van der Waals surface area contributed by atoms with Crippen LogP contribution in [0.4, 0.5) is 0 Å². The predicted molar refractivity (Wildman–Crippen MR) is 88.2 cm³/mol. The standard InChI is InChI=1S/C18H19NS/c1-13(19-14(2)18-11-6-12-20-18)16-10-5-8-15-7-3-4-9-17(15)16/h3-14,19H,1-2H3/t13?,14-/m1/s1. The molecule has 2 atom stereocenters. The summed E-state index contributed by atoms with van der Waals surface area (Å²) < 4.78 is 0. The fraction of sp³-hybridized carbons (Fsp3) is 0.222. The molecule has 20 heavy (non-hydrogen) atoms. The molecule has 1 unspecified atom stereocenters. The number of fused-ring (bicyclic) bond motifs is 1. The summed E-state index contributed by atoms with van der Waals surface area (Å²) in [5.41, 5.74) is 1.37. The van der Waals surface area contributed by atoms with Gasteiger partial charge in [0.15, 0.2) is 0 Å². The van der Waals surface area contributed by atoms with E-state index in [9.17, 15) is 0 Å². The Labute approximate surface area is 124 Å². The summed E-state index contributed by atoms with van der Waals surface area (Å²) in [6.45, 7) is 4.47. The fourth-order valence-corrected chi connectivity index (χ4v) is 3.46. The molecular weight excluding hydrogens is 262 g/mol. The molecule has 0 saturated heterocycles. The summed E-state index contributed by atoms with van der Waals surface area (Å²) in [5, 5.41) is 8.48. The van der Waals surface area contributed by atoms with Crippen molar-refractivity contribution in [1.29, 1.82) is 0 Å². The molecule has 1 aromatic heterocycles. The van der Waals surface area contributed by atoms with E-state index in [1.807, 2.05) is 11.3 Å². The van der Waals surface area contributed by atoms with Crippen LogP contribution in [0.5, 0.6) is 0 Å². The highest BCUT2D eigenvalue weighted by molar-refractivity contribution is 7.10. The zero-order valence-electron chi connectivity index (χ0n) is 11.8. The second-order valence-corrected chi connectivity index (χ2v) is 6.17. The van der Waals surface area contributed by atoms with Gasteiger partial charge in [-0.05, 0) is 41.6 Å². The van der Waals surface area contributed by atoms with Gasteiger partial charge in [0.2, 0.25) is 0 Å². The zero-order valence-corrected chi connectivity index (χ0v) is 12.7. The molecule has 0 aliphatic heterocycles. The van der Waals surface area contributed by atoms with Gasteiger partial charge in [-0.3, -0.25) is 0 Å². The van der Waals surface area contributed by atoms with E-state index in [1.54, 1.807) is 0 Å². The van der Waals surface area contributed by atoms with Crippen LogP contribution >= 0.6 is 11.3 Å². The Hall–Kier alpha value is -1.64. The lowest BCUT2D eigenvalue weighted by Gasteiger charge is -2.21. The van der Waals surface area contributed by atoms with E-state index in [0.29, 0.717) is 12.1 Å². The van der Waals surface area contributed by atoms with Crippen LogP contribution in [0.2, 0.25) is 0 Å². The van der Waals surface area contributed by atoms with Crippen LogP contribution in [0.25, 0.3) is 10.8 Å². The SMILES string of the molecule is CC(N[C@H](C)c1cccs1)c1cccc2ccccc12. The molecule has 0 aliphatic rings. The Balaban J connectivity index is 1.87. The highest BCUT2D eigenvalue weighted by Crippen LogP contribution is 2.27. The lowest BCUT2D eigenvalue weighted by atomic mass is 9.99. The third kappa shape index (κ3) is 2.62. The minimum Gasteiger partial charge on any atom is -0.303 e. The third-order valence-corrected chi connectivity index (χ3v) is 4.81. The molecule has 0 radical (unpaired) electrons. The van der Waals surface area contributed by atoms with Crippen molar-refractivity contribution < 1.29 is 0 Å². The average Bonchev–Trinajstić information content (AvgIpc) is 3.01. The molecule has 3 rings (SSSR count). The monoisotopic (exact) mass is 281 g/mol. The van der Waals surface area contributed by atoms with Crippen LogP contribution in [-0.2, 0) is 0 Å². The van der Waals surface area contributed by atoms with E-state index in [4.69, 9.17) is 0 Å². The summed E-state index contributed by atoms with van der Waals surface area (Å²) in [4.78, 5) is 1.39. The number of rotatable bonds is 4. The normalized spacial score (nSPS) is 14.3. The minimum absolute atomic E-state index is 0.332. The summed E-state index contributed by atoms with van der Waals surface area (Å²) >= 11 is 1.81. The Kier molecular flexibility index (Phi) is 3.86.